The quantitative estimate of drug-likeness (QED) is 0.355. The second-order valence-electron chi connectivity index (χ2n) is 11.7. The van der Waals surface area contributed by atoms with Crippen LogP contribution in [-0.2, 0) is 19.0 Å². The van der Waals surface area contributed by atoms with Gasteiger partial charge in [-0.15, -0.1) is 0 Å². The molecule has 3 aliphatic heterocycles. The van der Waals surface area contributed by atoms with E-state index in [4.69, 9.17) is 14.2 Å². The standard InChI is InChI=1S/C24H40N3O4/c1-25(2,12-21-15-29-21)9-18-7-19(10-26(3,4)13-22-16-30-22)24(28)20(8-18)11-27(5,6)14-23-17-31-23/h7-9,21-23H,10-17H2,1-6H3/q+3. The number of nitrogens with zero attached hydrogens (tertiary/aromatic N) is 3. The predicted octanol–water partition coefficient (Wildman–Crippen LogP) is 0.731. The van der Waals surface area contributed by atoms with Crippen molar-refractivity contribution in [1.29, 1.82) is 0 Å². The minimum absolute atomic E-state index is 0.193. The fourth-order valence-corrected chi connectivity index (χ4v) is 4.75. The summed E-state index contributed by atoms with van der Waals surface area (Å²) in [5, 5.41) is 0. The van der Waals surface area contributed by atoms with Crippen LogP contribution in [0, 0.1) is 0 Å². The van der Waals surface area contributed by atoms with E-state index < -0.39 is 0 Å². The molecule has 0 spiro atoms. The second kappa shape index (κ2) is 8.21. The maximum atomic E-state index is 13.5. The van der Waals surface area contributed by atoms with Gasteiger partial charge < -0.3 is 23.2 Å². The Kier molecular flexibility index (Phi) is 6.05. The van der Waals surface area contributed by atoms with E-state index in [0.717, 1.165) is 69.6 Å². The molecule has 172 valence electrons. The Labute approximate surface area is 186 Å². The maximum absolute atomic E-state index is 13.5. The normalized spacial score (nSPS) is 28.3. The highest BCUT2D eigenvalue weighted by molar-refractivity contribution is 6.10. The Balaban J connectivity index is 1.56. The summed E-state index contributed by atoms with van der Waals surface area (Å²) in [7, 11) is 13.1. The molecule has 3 saturated heterocycles. The highest BCUT2D eigenvalue weighted by Crippen LogP contribution is 2.27. The van der Waals surface area contributed by atoms with Crippen LogP contribution in [0.15, 0.2) is 35.1 Å². The lowest BCUT2D eigenvalue weighted by molar-refractivity contribution is -0.886. The van der Waals surface area contributed by atoms with Gasteiger partial charge in [-0.3, -0.25) is 9.28 Å². The van der Waals surface area contributed by atoms with Crippen LogP contribution >= 0.6 is 0 Å². The number of allylic oxidation sites excluding steroid dienone is 3. The topological polar surface area (TPSA) is 54.7 Å². The largest absolute Gasteiger partial charge is 0.367 e. The van der Waals surface area contributed by atoms with Gasteiger partial charge in [0, 0.05) is 5.57 Å². The third-order valence-corrected chi connectivity index (χ3v) is 6.24. The number of carbonyl (C=O) groups is 1. The monoisotopic (exact) mass is 434 g/mol. The number of carbonyl (C=O) groups excluding carboxylic acids is 1. The Morgan fingerprint density at radius 2 is 1.16 bits per heavy atom. The molecule has 3 atom stereocenters. The minimum atomic E-state index is 0.193. The molecule has 0 aromatic heterocycles. The fourth-order valence-electron chi connectivity index (χ4n) is 4.75. The molecule has 7 heteroatoms. The number of Topliss-reactive ketones (excluding diaryl/α,β-unsaturated/α-hetero) is 1. The zero-order valence-corrected chi connectivity index (χ0v) is 20.1. The molecule has 4 rings (SSSR count). The van der Waals surface area contributed by atoms with Crippen molar-refractivity contribution in [2.45, 2.75) is 18.3 Å². The summed E-state index contributed by atoms with van der Waals surface area (Å²) in [5.41, 5.74) is 2.93. The molecular formula is C24H40N3O4+3. The Bertz CT molecular complexity index is 763. The highest BCUT2D eigenvalue weighted by Gasteiger charge is 2.37. The van der Waals surface area contributed by atoms with E-state index >= 15 is 0 Å². The number of epoxide rings is 3. The third-order valence-electron chi connectivity index (χ3n) is 6.24. The van der Waals surface area contributed by atoms with Crippen molar-refractivity contribution in [2.75, 3.05) is 94.8 Å². The van der Waals surface area contributed by atoms with Crippen LogP contribution in [0.2, 0.25) is 0 Å². The van der Waals surface area contributed by atoms with Crippen LogP contribution in [-0.4, -0.2) is 132 Å². The van der Waals surface area contributed by atoms with Crippen LogP contribution in [0.5, 0.6) is 0 Å². The van der Waals surface area contributed by atoms with E-state index in [1.54, 1.807) is 0 Å². The van der Waals surface area contributed by atoms with Gasteiger partial charge in [0.15, 0.2) is 5.78 Å². The molecule has 31 heavy (non-hydrogen) atoms. The Morgan fingerprint density at radius 3 is 1.55 bits per heavy atom. The molecular weight excluding hydrogens is 394 g/mol. The molecule has 3 unspecified atom stereocenters. The first-order chi connectivity index (χ1) is 14.4. The van der Waals surface area contributed by atoms with E-state index in [-0.39, 0.29) is 5.78 Å². The van der Waals surface area contributed by atoms with Crippen LogP contribution in [0.25, 0.3) is 0 Å². The summed E-state index contributed by atoms with van der Waals surface area (Å²) in [4.78, 5) is 13.5. The summed E-state index contributed by atoms with van der Waals surface area (Å²) in [6, 6.07) is 0. The number of ketones is 1. The smallest absolute Gasteiger partial charge is 0.196 e. The van der Waals surface area contributed by atoms with Gasteiger partial charge in [-0.05, 0) is 12.2 Å². The number of quaternary nitrogens is 3. The van der Waals surface area contributed by atoms with Gasteiger partial charge in [-0.1, -0.05) is 0 Å². The second-order valence-corrected chi connectivity index (χ2v) is 11.7. The molecule has 3 heterocycles. The Hall–Kier alpha value is -1.35. The molecule has 0 aromatic carbocycles. The molecule has 0 aromatic rings. The fraction of sp³-hybridized carbons (Fsp3) is 0.708. The van der Waals surface area contributed by atoms with E-state index in [2.05, 4.69) is 60.6 Å². The molecule has 0 radical (unpaired) electrons. The van der Waals surface area contributed by atoms with Crippen LogP contribution in [0.1, 0.15) is 0 Å². The third kappa shape index (κ3) is 7.07. The SMILES string of the molecule is C[N+](C)(C=C1C=C(C[N+](C)(C)CC2CO2)C(=O)C(C[N+](C)(C)CC2CO2)=C1)CC1CO1. The van der Waals surface area contributed by atoms with Gasteiger partial charge in [-0.2, -0.15) is 0 Å². The van der Waals surface area contributed by atoms with Gasteiger partial charge in [0.2, 0.25) is 0 Å². The number of rotatable bonds is 11. The van der Waals surface area contributed by atoms with E-state index in [1.165, 1.54) is 0 Å². The lowest BCUT2D eigenvalue weighted by Gasteiger charge is -2.33. The lowest BCUT2D eigenvalue weighted by Crippen LogP contribution is -2.47. The minimum Gasteiger partial charge on any atom is -0.367 e. The van der Waals surface area contributed by atoms with E-state index in [9.17, 15) is 4.79 Å². The summed E-state index contributed by atoms with van der Waals surface area (Å²) >= 11 is 0. The summed E-state index contributed by atoms with van der Waals surface area (Å²) in [5.74, 6) is 0.193. The van der Waals surface area contributed by atoms with Crippen molar-refractivity contribution in [3.8, 4) is 0 Å². The van der Waals surface area contributed by atoms with Crippen molar-refractivity contribution in [1.82, 2.24) is 0 Å². The average molecular weight is 435 g/mol. The zero-order chi connectivity index (χ0) is 22.4. The first-order valence-corrected chi connectivity index (χ1v) is 11.4. The lowest BCUT2D eigenvalue weighted by atomic mass is 9.92. The summed E-state index contributed by atoms with van der Waals surface area (Å²) < 4.78 is 18.6. The molecule has 0 saturated carbocycles. The first kappa shape index (κ1) is 22.8. The van der Waals surface area contributed by atoms with Crippen molar-refractivity contribution < 1.29 is 32.5 Å². The first-order valence-electron chi connectivity index (χ1n) is 11.4. The zero-order valence-electron chi connectivity index (χ0n) is 20.1. The number of likely N-dealkylation sites (N-methyl/N-ethyl adjacent to an activating group) is 3. The predicted molar refractivity (Wildman–Crippen MR) is 119 cm³/mol. The summed E-state index contributed by atoms with van der Waals surface area (Å²) in [6.07, 6.45) is 7.51. The van der Waals surface area contributed by atoms with Crippen LogP contribution < -0.4 is 0 Å². The van der Waals surface area contributed by atoms with Gasteiger partial charge in [-0.25, -0.2) is 0 Å². The van der Waals surface area contributed by atoms with E-state index in [0.29, 0.717) is 31.4 Å². The van der Waals surface area contributed by atoms with Gasteiger partial charge >= 0.3 is 0 Å². The molecule has 0 amide bonds. The van der Waals surface area contributed by atoms with Crippen molar-refractivity contribution in [2.24, 2.45) is 0 Å². The van der Waals surface area contributed by atoms with Gasteiger partial charge in [0.05, 0.1) is 73.3 Å². The summed E-state index contributed by atoms with van der Waals surface area (Å²) in [6.45, 7) is 6.79. The van der Waals surface area contributed by atoms with Gasteiger partial charge in [0.25, 0.3) is 0 Å². The molecule has 7 nitrogen and oxygen atoms in total. The van der Waals surface area contributed by atoms with Crippen molar-refractivity contribution in [3.05, 3.63) is 35.1 Å². The van der Waals surface area contributed by atoms with Crippen LogP contribution in [0.4, 0.5) is 0 Å². The molecule has 1 aliphatic carbocycles. The Morgan fingerprint density at radius 1 is 0.774 bits per heavy atom. The van der Waals surface area contributed by atoms with Crippen LogP contribution in [0.3, 0.4) is 0 Å². The average Bonchev–Trinajstić information content (AvgIpc) is 3.42. The maximum Gasteiger partial charge on any atom is 0.196 e. The molecule has 0 bridgehead atoms. The number of ether oxygens (including phenoxy) is 3. The van der Waals surface area contributed by atoms with Gasteiger partial charge in [0.1, 0.15) is 57.2 Å². The van der Waals surface area contributed by atoms with E-state index in [1.807, 2.05) is 0 Å². The molecule has 4 aliphatic rings. The number of hydrogen-bond donors (Lipinski definition) is 0. The number of hydrogen-bond acceptors (Lipinski definition) is 4. The highest BCUT2D eigenvalue weighted by atomic mass is 16.6. The molecule has 3 fully saturated rings. The molecule has 0 N–H and O–H groups in total. The van der Waals surface area contributed by atoms with Crippen molar-refractivity contribution >= 4 is 5.78 Å². The van der Waals surface area contributed by atoms with Crippen molar-refractivity contribution in [3.63, 3.8) is 0 Å².